The van der Waals surface area contributed by atoms with Gasteiger partial charge in [-0.15, -0.1) is 0 Å². The van der Waals surface area contributed by atoms with Gasteiger partial charge in [0.25, 0.3) is 0 Å². The standard InChI is InChI=1S/C26H28Cl2O6/c1-4-7-17-20(12-11-18(23(17)29)26(30)31)34-13-6-5-8-15-9-10-16-19(14-15)22(28)25(33-3)24(32-2)21(16)27/h9-12,14,29H,4-8,13H2,1-3H3,(H,30,31). The lowest BCUT2D eigenvalue weighted by atomic mass is 10.0. The van der Waals surface area contributed by atoms with Gasteiger partial charge in [0, 0.05) is 16.3 Å². The molecule has 0 aliphatic rings. The van der Waals surface area contributed by atoms with E-state index in [1.54, 1.807) is 6.07 Å². The van der Waals surface area contributed by atoms with Gasteiger partial charge >= 0.3 is 5.97 Å². The van der Waals surface area contributed by atoms with Crippen molar-refractivity contribution in [2.75, 3.05) is 20.8 Å². The normalized spacial score (nSPS) is 11.0. The smallest absolute Gasteiger partial charge is 0.339 e. The van der Waals surface area contributed by atoms with E-state index in [0.29, 0.717) is 45.9 Å². The Balaban J connectivity index is 1.66. The lowest BCUT2D eigenvalue weighted by Crippen LogP contribution is -2.04. The number of methoxy groups -OCH3 is 2. The quantitative estimate of drug-likeness (QED) is 0.274. The van der Waals surface area contributed by atoms with Crippen LogP contribution in [0.25, 0.3) is 10.8 Å². The van der Waals surface area contributed by atoms with Gasteiger partial charge in [0.15, 0.2) is 11.5 Å². The van der Waals surface area contributed by atoms with Crippen molar-refractivity contribution in [2.24, 2.45) is 0 Å². The second kappa shape index (κ2) is 11.5. The van der Waals surface area contributed by atoms with Crippen LogP contribution in [-0.2, 0) is 12.8 Å². The van der Waals surface area contributed by atoms with Gasteiger partial charge in [0.05, 0.1) is 30.9 Å². The van der Waals surface area contributed by atoms with Crippen LogP contribution >= 0.6 is 23.2 Å². The highest BCUT2D eigenvalue weighted by atomic mass is 35.5. The molecule has 0 bridgehead atoms. The molecule has 2 N–H and O–H groups in total. The molecule has 0 spiro atoms. The second-order valence-corrected chi connectivity index (χ2v) is 8.63. The van der Waals surface area contributed by atoms with Crippen LogP contribution in [0.5, 0.6) is 23.0 Å². The van der Waals surface area contributed by atoms with E-state index in [0.717, 1.165) is 42.0 Å². The SMILES string of the molecule is CCCc1c(OCCCCc2ccc3c(Cl)c(OC)c(OC)c(Cl)c3c2)ccc(C(=O)O)c1O. The van der Waals surface area contributed by atoms with Crippen LogP contribution in [0.3, 0.4) is 0 Å². The Bertz CT molecular complexity index is 1190. The summed E-state index contributed by atoms with van der Waals surface area (Å²) < 4.78 is 16.6. The molecule has 3 rings (SSSR count). The number of halogens is 2. The summed E-state index contributed by atoms with van der Waals surface area (Å²) in [6, 6.07) is 8.94. The Hall–Kier alpha value is -2.83. The molecule has 0 saturated heterocycles. The summed E-state index contributed by atoms with van der Waals surface area (Å²) in [4.78, 5) is 11.3. The number of carbonyl (C=O) groups is 1. The third-order valence-electron chi connectivity index (χ3n) is 5.66. The number of benzene rings is 3. The van der Waals surface area contributed by atoms with E-state index in [1.807, 2.05) is 25.1 Å². The number of unbranched alkanes of at least 4 members (excludes halogenated alkanes) is 1. The molecule has 0 heterocycles. The van der Waals surface area contributed by atoms with Gasteiger partial charge in [0.2, 0.25) is 0 Å². The second-order valence-electron chi connectivity index (χ2n) is 7.87. The third-order valence-corrected chi connectivity index (χ3v) is 6.41. The monoisotopic (exact) mass is 506 g/mol. The Kier molecular flexibility index (Phi) is 8.75. The number of rotatable bonds is 11. The molecular formula is C26H28Cl2O6. The van der Waals surface area contributed by atoms with E-state index >= 15 is 0 Å². The number of carboxylic acids is 1. The summed E-state index contributed by atoms with van der Waals surface area (Å²) in [5, 5.41) is 22.1. The van der Waals surface area contributed by atoms with Gasteiger partial charge in [-0.2, -0.15) is 0 Å². The van der Waals surface area contributed by atoms with Crippen LogP contribution in [0.15, 0.2) is 30.3 Å². The summed E-state index contributed by atoms with van der Waals surface area (Å²) in [5.41, 5.74) is 1.53. The number of hydrogen-bond acceptors (Lipinski definition) is 5. The lowest BCUT2D eigenvalue weighted by Gasteiger charge is -2.15. The maximum absolute atomic E-state index is 11.3. The van der Waals surface area contributed by atoms with Crippen molar-refractivity contribution in [1.29, 1.82) is 0 Å². The Morgan fingerprint density at radius 3 is 2.24 bits per heavy atom. The van der Waals surface area contributed by atoms with Crippen LogP contribution in [0.4, 0.5) is 0 Å². The fraction of sp³-hybridized carbons (Fsp3) is 0.346. The van der Waals surface area contributed by atoms with Gasteiger partial charge in [-0.25, -0.2) is 4.79 Å². The highest BCUT2D eigenvalue weighted by Crippen LogP contribution is 2.47. The van der Waals surface area contributed by atoms with Crippen molar-refractivity contribution in [3.05, 3.63) is 57.1 Å². The fourth-order valence-corrected chi connectivity index (χ4v) is 4.61. The molecule has 0 atom stereocenters. The number of aromatic carboxylic acids is 1. The van der Waals surface area contributed by atoms with E-state index in [-0.39, 0.29) is 11.3 Å². The topological polar surface area (TPSA) is 85.2 Å². The Labute approximate surface area is 209 Å². The largest absolute Gasteiger partial charge is 0.507 e. The maximum atomic E-state index is 11.3. The first-order chi connectivity index (χ1) is 16.3. The fourth-order valence-electron chi connectivity index (χ4n) is 3.96. The first-order valence-corrected chi connectivity index (χ1v) is 11.8. The molecule has 8 heteroatoms. The number of hydrogen-bond donors (Lipinski definition) is 2. The maximum Gasteiger partial charge on any atom is 0.339 e. The van der Waals surface area contributed by atoms with E-state index in [1.165, 1.54) is 20.3 Å². The highest BCUT2D eigenvalue weighted by Gasteiger charge is 2.20. The van der Waals surface area contributed by atoms with Gasteiger partial charge in [-0.05, 0) is 49.4 Å². The van der Waals surface area contributed by atoms with Crippen LogP contribution in [0, 0.1) is 0 Å². The molecule has 0 aliphatic carbocycles. The van der Waals surface area contributed by atoms with Crippen molar-refractivity contribution in [1.82, 2.24) is 0 Å². The third kappa shape index (κ3) is 5.29. The molecular weight excluding hydrogens is 479 g/mol. The average molecular weight is 507 g/mol. The highest BCUT2D eigenvalue weighted by molar-refractivity contribution is 6.43. The van der Waals surface area contributed by atoms with E-state index in [4.69, 9.17) is 37.4 Å². The molecule has 0 aliphatic heterocycles. The van der Waals surface area contributed by atoms with Gasteiger partial charge < -0.3 is 24.4 Å². The van der Waals surface area contributed by atoms with Crippen LogP contribution in [-0.4, -0.2) is 37.0 Å². The van der Waals surface area contributed by atoms with Crippen molar-refractivity contribution < 1.29 is 29.2 Å². The van der Waals surface area contributed by atoms with Crippen LogP contribution in [0.1, 0.15) is 47.7 Å². The minimum absolute atomic E-state index is 0.111. The first-order valence-electron chi connectivity index (χ1n) is 11.1. The molecule has 0 unspecified atom stereocenters. The van der Waals surface area contributed by atoms with E-state index < -0.39 is 5.97 Å². The van der Waals surface area contributed by atoms with E-state index in [9.17, 15) is 15.0 Å². The minimum atomic E-state index is -1.16. The van der Waals surface area contributed by atoms with Gasteiger partial charge in [-0.3, -0.25) is 0 Å². The summed E-state index contributed by atoms with van der Waals surface area (Å²) >= 11 is 13.1. The molecule has 0 saturated carbocycles. The van der Waals surface area contributed by atoms with Crippen molar-refractivity contribution in [3.63, 3.8) is 0 Å². The van der Waals surface area contributed by atoms with Gasteiger partial charge in [0.1, 0.15) is 17.1 Å². The number of phenols is 1. The molecule has 0 aromatic heterocycles. The average Bonchev–Trinajstić information content (AvgIpc) is 2.82. The first kappa shape index (κ1) is 25.8. The molecule has 3 aromatic rings. The number of ether oxygens (including phenoxy) is 3. The Morgan fingerprint density at radius 2 is 1.62 bits per heavy atom. The predicted octanol–water partition coefficient (Wildman–Crippen LogP) is 6.92. The summed E-state index contributed by atoms with van der Waals surface area (Å²) in [7, 11) is 3.05. The number of carboxylic acid groups (broad SMARTS) is 1. The molecule has 34 heavy (non-hydrogen) atoms. The molecule has 182 valence electrons. The van der Waals surface area contributed by atoms with Crippen molar-refractivity contribution in [2.45, 2.75) is 39.0 Å². The molecule has 0 amide bonds. The van der Waals surface area contributed by atoms with Crippen LogP contribution < -0.4 is 14.2 Å². The molecule has 6 nitrogen and oxygen atoms in total. The summed E-state index contributed by atoms with van der Waals surface area (Å²) in [6.45, 7) is 2.42. The lowest BCUT2D eigenvalue weighted by molar-refractivity contribution is 0.0693. The number of aryl methyl sites for hydroxylation is 1. The predicted molar refractivity (Wildman–Crippen MR) is 135 cm³/mol. The summed E-state index contributed by atoms with van der Waals surface area (Å²) in [6.07, 6.45) is 3.76. The zero-order chi connectivity index (χ0) is 24.8. The zero-order valence-corrected chi connectivity index (χ0v) is 20.9. The van der Waals surface area contributed by atoms with Crippen molar-refractivity contribution in [3.8, 4) is 23.0 Å². The molecule has 0 fully saturated rings. The minimum Gasteiger partial charge on any atom is -0.507 e. The zero-order valence-electron chi connectivity index (χ0n) is 19.4. The molecule has 0 radical (unpaired) electrons. The Morgan fingerprint density at radius 1 is 0.941 bits per heavy atom. The number of fused-ring (bicyclic) bond motifs is 1. The number of aromatic hydroxyl groups is 1. The van der Waals surface area contributed by atoms with Crippen molar-refractivity contribution >= 4 is 39.9 Å². The summed E-state index contributed by atoms with van der Waals surface area (Å²) in [5.74, 6) is -0.0268. The van der Waals surface area contributed by atoms with Gasteiger partial charge in [-0.1, -0.05) is 48.7 Å². The van der Waals surface area contributed by atoms with E-state index in [2.05, 4.69) is 0 Å². The molecule has 3 aromatic carbocycles. The van der Waals surface area contributed by atoms with Crippen LogP contribution in [0.2, 0.25) is 10.0 Å².